The normalized spacial score (nSPS) is 23.0. The SMILES string of the molecule is Cl.O=C(CC1COCCN1)NC1(c2cccc(Br)c2)CC1. The maximum Gasteiger partial charge on any atom is 0.222 e. The molecule has 1 amide bonds. The van der Waals surface area contributed by atoms with Crippen molar-refractivity contribution >= 4 is 34.2 Å². The van der Waals surface area contributed by atoms with Crippen LogP contribution >= 0.6 is 28.3 Å². The molecule has 1 saturated heterocycles. The molecular formula is C15H20BrClN2O2. The van der Waals surface area contributed by atoms with Gasteiger partial charge in [-0.3, -0.25) is 4.79 Å². The minimum atomic E-state index is -0.142. The summed E-state index contributed by atoms with van der Waals surface area (Å²) < 4.78 is 6.43. The second kappa shape index (κ2) is 7.09. The molecule has 0 bridgehead atoms. The molecule has 1 saturated carbocycles. The third-order valence-electron chi connectivity index (χ3n) is 3.94. The van der Waals surface area contributed by atoms with E-state index in [-0.39, 0.29) is 29.9 Å². The first kappa shape index (κ1) is 16.7. The number of benzene rings is 1. The molecule has 1 aromatic carbocycles. The zero-order chi connectivity index (χ0) is 14.0. The average molecular weight is 376 g/mol. The van der Waals surface area contributed by atoms with Crippen LogP contribution in [-0.4, -0.2) is 31.7 Å². The van der Waals surface area contributed by atoms with Crippen LogP contribution in [-0.2, 0) is 15.1 Å². The lowest BCUT2D eigenvalue weighted by molar-refractivity contribution is -0.123. The van der Waals surface area contributed by atoms with Gasteiger partial charge in [0.1, 0.15) is 0 Å². The Kier molecular flexibility index (Phi) is 5.66. The van der Waals surface area contributed by atoms with Crippen LogP contribution in [0.5, 0.6) is 0 Å². The summed E-state index contributed by atoms with van der Waals surface area (Å²) in [6.07, 6.45) is 2.52. The predicted octanol–water partition coefficient (Wildman–Crippen LogP) is 2.35. The van der Waals surface area contributed by atoms with E-state index in [0.717, 1.165) is 30.5 Å². The number of carbonyl (C=O) groups excluding carboxylic acids is 1. The monoisotopic (exact) mass is 374 g/mol. The van der Waals surface area contributed by atoms with Crippen molar-refractivity contribution in [2.24, 2.45) is 0 Å². The average Bonchev–Trinajstić information content (AvgIpc) is 3.20. The Labute approximate surface area is 139 Å². The first-order valence-electron chi connectivity index (χ1n) is 7.06. The lowest BCUT2D eigenvalue weighted by Gasteiger charge is -2.25. The Bertz CT molecular complexity index is 502. The third kappa shape index (κ3) is 4.19. The fourth-order valence-corrected chi connectivity index (χ4v) is 3.09. The molecule has 3 rings (SSSR count). The molecule has 116 valence electrons. The van der Waals surface area contributed by atoms with Crippen molar-refractivity contribution in [1.82, 2.24) is 10.6 Å². The molecule has 2 aliphatic rings. The van der Waals surface area contributed by atoms with Gasteiger partial charge in [0.2, 0.25) is 5.91 Å². The van der Waals surface area contributed by atoms with Crippen LogP contribution in [0.3, 0.4) is 0 Å². The minimum absolute atomic E-state index is 0. The van der Waals surface area contributed by atoms with Crippen LogP contribution in [0.2, 0.25) is 0 Å². The number of carbonyl (C=O) groups is 1. The molecule has 2 N–H and O–H groups in total. The maximum absolute atomic E-state index is 12.2. The van der Waals surface area contributed by atoms with Gasteiger partial charge in [-0.05, 0) is 30.5 Å². The van der Waals surface area contributed by atoms with E-state index >= 15 is 0 Å². The molecule has 6 heteroatoms. The lowest BCUT2D eigenvalue weighted by atomic mass is 10.0. The molecule has 1 aromatic rings. The van der Waals surface area contributed by atoms with E-state index in [9.17, 15) is 4.79 Å². The number of nitrogens with one attached hydrogen (secondary N) is 2. The van der Waals surface area contributed by atoms with Crippen molar-refractivity contribution in [3.8, 4) is 0 Å². The van der Waals surface area contributed by atoms with Gasteiger partial charge in [-0.15, -0.1) is 12.4 Å². The number of morpholine rings is 1. The third-order valence-corrected chi connectivity index (χ3v) is 4.43. The van der Waals surface area contributed by atoms with E-state index in [1.54, 1.807) is 0 Å². The second-order valence-electron chi connectivity index (χ2n) is 5.57. The van der Waals surface area contributed by atoms with Crippen LogP contribution in [0, 0.1) is 0 Å². The van der Waals surface area contributed by atoms with Crippen molar-refractivity contribution in [2.75, 3.05) is 19.8 Å². The van der Waals surface area contributed by atoms with E-state index in [0.29, 0.717) is 13.0 Å². The Morgan fingerprint density at radius 3 is 2.90 bits per heavy atom. The molecular weight excluding hydrogens is 356 g/mol. The maximum atomic E-state index is 12.2. The molecule has 1 atom stereocenters. The molecule has 1 aliphatic carbocycles. The first-order chi connectivity index (χ1) is 9.68. The van der Waals surface area contributed by atoms with Gasteiger partial charge in [-0.2, -0.15) is 0 Å². The van der Waals surface area contributed by atoms with Gasteiger partial charge in [-0.1, -0.05) is 28.1 Å². The van der Waals surface area contributed by atoms with Crippen LogP contribution in [0.15, 0.2) is 28.7 Å². The molecule has 21 heavy (non-hydrogen) atoms. The van der Waals surface area contributed by atoms with Crippen LogP contribution in [0.4, 0.5) is 0 Å². The molecule has 2 fully saturated rings. The van der Waals surface area contributed by atoms with Crippen LogP contribution in [0.1, 0.15) is 24.8 Å². The zero-order valence-corrected chi connectivity index (χ0v) is 14.1. The number of amides is 1. The molecule has 1 unspecified atom stereocenters. The van der Waals surface area contributed by atoms with Gasteiger partial charge in [0, 0.05) is 23.5 Å². The van der Waals surface area contributed by atoms with Crippen LogP contribution < -0.4 is 10.6 Å². The number of hydrogen-bond acceptors (Lipinski definition) is 3. The summed E-state index contributed by atoms with van der Waals surface area (Å²) in [6.45, 7) is 2.19. The van der Waals surface area contributed by atoms with E-state index in [4.69, 9.17) is 4.74 Å². The summed E-state index contributed by atoms with van der Waals surface area (Å²) in [6, 6.07) is 8.34. The standard InChI is InChI=1S/C15H19BrN2O2.ClH/c16-12-3-1-2-11(8-12)15(4-5-15)18-14(19)9-13-10-20-7-6-17-13;/h1-3,8,13,17H,4-7,9-10H2,(H,18,19);1H. The Balaban J connectivity index is 0.00000161. The van der Waals surface area contributed by atoms with Gasteiger partial charge in [0.15, 0.2) is 0 Å². The summed E-state index contributed by atoms with van der Waals surface area (Å²) >= 11 is 3.49. The van der Waals surface area contributed by atoms with Crippen molar-refractivity contribution in [3.63, 3.8) is 0 Å². The molecule has 0 spiro atoms. The smallest absolute Gasteiger partial charge is 0.222 e. The first-order valence-corrected chi connectivity index (χ1v) is 7.85. The van der Waals surface area contributed by atoms with E-state index in [2.05, 4.69) is 38.7 Å². The summed E-state index contributed by atoms with van der Waals surface area (Å²) in [7, 11) is 0. The number of hydrogen-bond donors (Lipinski definition) is 2. The van der Waals surface area contributed by atoms with Gasteiger partial charge >= 0.3 is 0 Å². The summed E-state index contributed by atoms with van der Waals surface area (Å²) in [5.74, 6) is 0.102. The highest BCUT2D eigenvalue weighted by molar-refractivity contribution is 9.10. The molecule has 1 heterocycles. The predicted molar refractivity (Wildman–Crippen MR) is 87.7 cm³/mol. The zero-order valence-electron chi connectivity index (χ0n) is 11.7. The molecule has 4 nitrogen and oxygen atoms in total. The van der Waals surface area contributed by atoms with Gasteiger partial charge in [-0.25, -0.2) is 0 Å². The largest absolute Gasteiger partial charge is 0.378 e. The van der Waals surface area contributed by atoms with Gasteiger partial charge in [0.05, 0.1) is 18.8 Å². The topological polar surface area (TPSA) is 50.4 Å². The van der Waals surface area contributed by atoms with Crippen LogP contribution in [0.25, 0.3) is 0 Å². The Hall–Kier alpha value is -0.620. The van der Waals surface area contributed by atoms with Gasteiger partial charge < -0.3 is 15.4 Å². The summed E-state index contributed by atoms with van der Waals surface area (Å²) in [4.78, 5) is 12.2. The van der Waals surface area contributed by atoms with E-state index in [1.807, 2.05) is 12.1 Å². The second-order valence-corrected chi connectivity index (χ2v) is 6.49. The number of rotatable bonds is 4. The highest BCUT2D eigenvalue weighted by atomic mass is 79.9. The molecule has 0 radical (unpaired) electrons. The van der Waals surface area contributed by atoms with E-state index < -0.39 is 0 Å². The molecule has 1 aliphatic heterocycles. The highest BCUT2D eigenvalue weighted by Crippen LogP contribution is 2.46. The van der Waals surface area contributed by atoms with E-state index in [1.165, 1.54) is 5.56 Å². The Morgan fingerprint density at radius 2 is 2.29 bits per heavy atom. The fraction of sp³-hybridized carbons (Fsp3) is 0.533. The van der Waals surface area contributed by atoms with Crippen molar-refractivity contribution < 1.29 is 9.53 Å². The summed E-state index contributed by atoms with van der Waals surface area (Å²) in [5.41, 5.74) is 1.05. The fourth-order valence-electron chi connectivity index (χ4n) is 2.69. The highest BCUT2D eigenvalue weighted by Gasteiger charge is 2.45. The van der Waals surface area contributed by atoms with Crippen molar-refractivity contribution in [2.45, 2.75) is 30.8 Å². The lowest BCUT2D eigenvalue weighted by Crippen LogP contribution is -2.45. The number of ether oxygens (including phenoxy) is 1. The number of halogens is 2. The minimum Gasteiger partial charge on any atom is -0.378 e. The molecule has 0 aromatic heterocycles. The van der Waals surface area contributed by atoms with Crippen molar-refractivity contribution in [1.29, 1.82) is 0 Å². The van der Waals surface area contributed by atoms with Crippen molar-refractivity contribution in [3.05, 3.63) is 34.3 Å². The van der Waals surface area contributed by atoms with Gasteiger partial charge in [0.25, 0.3) is 0 Å². The quantitative estimate of drug-likeness (QED) is 0.849. The summed E-state index contributed by atoms with van der Waals surface area (Å²) in [5, 5.41) is 6.51. The Morgan fingerprint density at radius 1 is 1.48 bits per heavy atom.